The number of ether oxygens (including phenoxy) is 2. The first-order valence-electron chi connectivity index (χ1n) is 5.94. The van der Waals surface area contributed by atoms with Gasteiger partial charge in [0, 0.05) is 10.6 Å². The average Bonchev–Trinajstić information content (AvgIpc) is 2.45. The number of rotatable bonds is 5. The van der Waals surface area contributed by atoms with Gasteiger partial charge in [-0.15, -0.1) is 0 Å². The zero-order valence-electron chi connectivity index (χ0n) is 10.9. The van der Waals surface area contributed by atoms with Crippen LogP contribution in [0.1, 0.15) is 15.9 Å². The van der Waals surface area contributed by atoms with Gasteiger partial charge in [-0.05, 0) is 29.8 Å². The van der Waals surface area contributed by atoms with Crippen molar-refractivity contribution in [2.45, 2.75) is 6.61 Å². The first kappa shape index (κ1) is 14.2. The van der Waals surface area contributed by atoms with Crippen LogP contribution in [0.2, 0.25) is 5.02 Å². The fourth-order valence-corrected chi connectivity index (χ4v) is 2.02. The third-order valence-electron chi connectivity index (χ3n) is 2.73. The number of carbonyl (C=O) groups excluding carboxylic acids is 1. The zero-order chi connectivity index (χ0) is 14.5. The summed E-state index contributed by atoms with van der Waals surface area (Å²) >= 11 is 5.91. The summed E-state index contributed by atoms with van der Waals surface area (Å²) in [5, 5.41) is 0.641. The molecule has 0 aliphatic rings. The summed E-state index contributed by atoms with van der Waals surface area (Å²) in [5.74, 6) is 0.840. The number of methoxy groups -OCH3 is 1. The van der Waals surface area contributed by atoms with Crippen molar-refractivity contribution < 1.29 is 14.3 Å². The van der Waals surface area contributed by atoms with E-state index in [9.17, 15) is 4.79 Å². The highest BCUT2D eigenvalue weighted by Gasteiger charge is 2.11. The quantitative estimate of drug-likeness (QED) is 0.678. The molecule has 0 bridgehead atoms. The van der Waals surface area contributed by atoms with Gasteiger partial charge in [-0.25, -0.2) is 0 Å². The molecule has 20 heavy (non-hydrogen) atoms. The number of halogens is 1. The standard InChI is InChI=1S/C15H14ClNO3/c1-19-14-7-11(8-18)6-13(17)15(14)20-9-10-3-2-4-12(16)5-10/h2-8H,9,17H2,1H3. The fourth-order valence-electron chi connectivity index (χ4n) is 1.80. The first-order chi connectivity index (χ1) is 9.63. The monoisotopic (exact) mass is 291 g/mol. The number of nitrogen functional groups attached to an aromatic ring is 1. The molecule has 104 valence electrons. The number of aldehydes is 1. The molecule has 0 aliphatic heterocycles. The second-order valence-electron chi connectivity index (χ2n) is 4.18. The molecule has 2 N–H and O–H groups in total. The van der Waals surface area contributed by atoms with Crippen molar-refractivity contribution in [3.05, 3.63) is 52.5 Å². The van der Waals surface area contributed by atoms with Crippen molar-refractivity contribution in [2.24, 2.45) is 0 Å². The van der Waals surface area contributed by atoms with E-state index < -0.39 is 0 Å². The minimum atomic E-state index is 0.307. The number of carbonyl (C=O) groups is 1. The van der Waals surface area contributed by atoms with Crippen LogP contribution in [0.4, 0.5) is 5.69 Å². The van der Waals surface area contributed by atoms with Crippen molar-refractivity contribution >= 4 is 23.6 Å². The van der Waals surface area contributed by atoms with Gasteiger partial charge in [-0.2, -0.15) is 0 Å². The third-order valence-corrected chi connectivity index (χ3v) is 2.97. The summed E-state index contributed by atoms with van der Waals surface area (Å²) in [4.78, 5) is 10.8. The summed E-state index contributed by atoms with van der Waals surface area (Å²) in [6, 6.07) is 10.5. The van der Waals surface area contributed by atoms with Crippen LogP contribution in [-0.2, 0) is 6.61 Å². The lowest BCUT2D eigenvalue weighted by Crippen LogP contribution is -2.02. The normalized spacial score (nSPS) is 10.1. The van der Waals surface area contributed by atoms with E-state index in [1.54, 1.807) is 18.2 Å². The number of nitrogens with two attached hydrogens (primary N) is 1. The van der Waals surface area contributed by atoms with Crippen LogP contribution in [0.3, 0.4) is 0 Å². The van der Waals surface area contributed by atoms with Gasteiger partial charge in [0.1, 0.15) is 12.9 Å². The maximum atomic E-state index is 10.8. The van der Waals surface area contributed by atoms with Gasteiger partial charge in [0.05, 0.1) is 12.8 Å². The Labute approximate surface area is 122 Å². The molecule has 0 unspecified atom stereocenters. The Hall–Kier alpha value is -2.20. The molecule has 2 aromatic rings. The Morgan fingerprint density at radius 3 is 2.75 bits per heavy atom. The highest BCUT2D eigenvalue weighted by Crippen LogP contribution is 2.35. The Balaban J connectivity index is 2.22. The number of benzene rings is 2. The molecule has 0 aromatic heterocycles. The van der Waals surface area contributed by atoms with Crippen molar-refractivity contribution in [3.63, 3.8) is 0 Å². The van der Waals surface area contributed by atoms with Gasteiger partial charge < -0.3 is 15.2 Å². The van der Waals surface area contributed by atoms with Gasteiger partial charge in [0.25, 0.3) is 0 Å². The minimum Gasteiger partial charge on any atom is -0.493 e. The van der Waals surface area contributed by atoms with E-state index in [-0.39, 0.29) is 0 Å². The fraction of sp³-hybridized carbons (Fsp3) is 0.133. The van der Waals surface area contributed by atoms with E-state index >= 15 is 0 Å². The van der Waals surface area contributed by atoms with Crippen LogP contribution in [-0.4, -0.2) is 13.4 Å². The van der Waals surface area contributed by atoms with Crippen LogP contribution in [0.15, 0.2) is 36.4 Å². The summed E-state index contributed by atoms with van der Waals surface area (Å²) in [5.41, 5.74) is 7.59. The van der Waals surface area contributed by atoms with Crippen LogP contribution in [0.5, 0.6) is 11.5 Å². The van der Waals surface area contributed by atoms with E-state index in [2.05, 4.69) is 0 Å². The second kappa shape index (κ2) is 6.30. The second-order valence-corrected chi connectivity index (χ2v) is 4.61. The van der Waals surface area contributed by atoms with E-state index in [1.165, 1.54) is 7.11 Å². The van der Waals surface area contributed by atoms with Crippen molar-refractivity contribution in [1.82, 2.24) is 0 Å². The molecule has 0 heterocycles. The van der Waals surface area contributed by atoms with Crippen molar-refractivity contribution in [2.75, 3.05) is 12.8 Å². The lowest BCUT2D eigenvalue weighted by Gasteiger charge is -2.13. The van der Waals surface area contributed by atoms with Crippen LogP contribution < -0.4 is 15.2 Å². The largest absolute Gasteiger partial charge is 0.493 e. The molecular weight excluding hydrogens is 278 g/mol. The number of hydrogen-bond acceptors (Lipinski definition) is 4. The van der Waals surface area contributed by atoms with Crippen molar-refractivity contribution in [3.8, 4) is 11.5 Å². The molecule has 0 saturated carbocycles. The summed E-state index contributed by atoms with van der Waals surface area (Å²) < 4.78 is 10.9. The van der Waals surface area contributed by atoms with Gasteiger partial charge >= 0.3 is 0 Å². The lowest BCUT2D eigenvalue weighted by atomic mass is 10.2. The molecule has 5 heteroatoms. The van der Waals surface area contributed by atoms with E-state index in [0.29, 0.717) is 40.7 Å². The molecule has 0 atom stereocenters. The Kier molecular flexibility index (Phi) is 4.48. The lowest BCUT2D eigenvalue weighted by molar-refractivity contribution is 0.112. The number of anilines is 1. The third kappa shape index (κ3) is 3.22. The highest BCUT2D eigenvalue weighted by molar-refractivity contribution is 6.30. The first-order valence-corrected chi connectivity index (χ1v) is 6.31. The average molecular weight is 292 g/mol. The SMILES string of the molecule is COc1cc(C=O)cc(N)c1OCc1cccc(Cl)c1. The molecule has 0 fully saturated rings. The van der Waals surface area contributed by atoms with E-state index in [0.717, 1.165) is 5.56 Å². The van der Waals surface area contributed by atoms with Gasteiger partial charge in [0.15, 0.2) is 11.5 Å². The van der Waals surface area contributed by atoms with Gasteiger partial charge in [-0.1, -0.05) is 23.7 Å². The topological polar surface area (TPSA) is 61.5 Å². The molecular formula is C15H14ClNO3. The number of hydrogen-bond donors (Lipinski definition) is 1. The Morgan fingerprint density at radius 2 is 2.10 bits per heavy atom. The Morgan fingerprint density at radius 1 is 1.30 bits per heavy atom. The highest BCUT2D eigenvalue weighted by atomic mass is 35.5. The van der Waals surface area contributed by atoms with Crippen molar-refractivity contribution in [1.29, 1.82) is 0 Å². The predicted octanol–water partition coefficient (Wildman–Crippen LogP) is 3.32. The minimum absolute atomic E-state index is 0.307. The summed E-state index contributed by atoms with van der Waals surface area (Å²) in [7, 11) is 1.50. The molecule has 0 spiro atoms. The molecule has 0 amide bonds. The zero-order valence-corrected chi connectivity index (χ0v) is 11.7. The molecule has 0 radical (unpaired) electrons. The maximum absolute atomic E-state index is 10.8. The summed E-state index contributed by atoms with van der Waals surface area (Å²) in [6.45, 7) is 0.307. The molecule has 2 rings (SSSR count). The van der Waals surface area contributed by atoms with Crippen LogP contribution >= 0.6 is 11.6 Å². The molecule has 0 saturated heterocycles. The van der Waals surface area contributed by atoms with Crippen LogP contribution in [0, 0.1) is 0 Å². The van der Waals surface area contributed by atoms with E-state index in [1.807, 2.05) is 18.2 Å². The van der Waals surface area contributed by atoms with Crippen LogP contribution in [0.25, 0.3) is 0 Å². The van der Waals surface area contributed by atoms with E-state index in [4.69, 9.17) is 26.8 Å². The molecule has 0 aliphatic carbocycles. The molecule has 4 nitrogen and oxygen atoms in total. The molecule has 2 aromatic carbocycles. The van der Waals surface area contributed by atoms with Gasteiger partial charge in [0.2, 0.25) is 0 Å². The predicted molar refractivity (Wildman–Crippen MR) is 78.6 cm³/mol. The smallest absolute Gasteiger partial charge is 0.184 e. The summed E-state index contributed by atoms with van der Waals surface area (Å²) in [6.07, 6.45) is 0.708. The Bertz CT molecular complexity index is 629. The van der Waals surface area contributed by atoms with Gasteiger partial charge in [-0.3, -0.25) is 4.79 Å². The maximum Gasteiger partial charge on any atom is 0.184 e.